The third-order valence-corrected chi connectivity index (χ3v) is 5.35. The van der Waals surface area contributed by atoms with Crippen LogP contribution in [0, 0.1) is 0 Å². The number of guanidine groups is 1. The van der Waals surface area contributed by atoms with Crippen LogP contribution < -0.4 is 10.6 Å². The van der Waals surface area contributed by atoms with Gasteiger partial charge in [-0.05, 0) is 18.9 Å². The van der Waals surface area contributed by atoms with Gasteiger partial charge in [-0.2, -0.15) is 0 Å². The van der Waals surface area contributed by atoms with Gasteiger partial charge >= 0.3 is 0 Å². The molecule has 0 radical (unpaired) electrons. The number of hydrogen-bond acceptors (Lipinski definition) is 6. The second-order valence-corrected chi connectivity index (χ2v) is 8.30. The van der Waals surface area contributed by atoms with Gasteiger partial charge in [-0.15, -0.1) is 11.3 Å². The molecule has 1 saturated heterocycles. The number of carbonyl (C=O) groups excluding carboxylic acids is 1. The maximum Gasteiger partial charge on any atom is 0.243 e. The van der Waals surface area contributed by atoms with Crippen molar-refractivity contribution < 1.29 is 9.53 Å². The Balaban J connectivity index is 1.82. The van der Waals surface area contributed by atoms with Gasteiger partial charge in [0.15, 0.2) is 5.96 Å². The fraction of sp³-hybridized carbons (Fsp3) is 0.737. The summed E-state index contributed by atoms with van der Waals surface area (Å²) in [5, 5.41) is 9.76. The Hall–Kier alpha value is -1.71. The molecule has 2 heterocycles. The summed E-state index contributed by atoms with van der Waals surface area (Å²) in [7, 11) is 3.48. The molecule has 1 fully saturated rings. The molecule has 28 heavy (non-hydrogen) atoms. The zero-order valence-electron chi connectivity index (χ0n) is 17.5. The summed E-state index contributed by atoms with van der Waals surface area (Å²) in [5.74, 6) is 1.05. The number of carbonyl (C=O) groups is 1. The lowest BCUT2D eigenvalue weighted by atomic mass is 10.2. The zero-order valence-corrected chi connectivity index (χ0v) is 18.3. The smallest absolute Gasteiger partial charge is 0.243 e. The molecule has 158 valence electrons. The van der Waals surface area contributed by atoms with E-state index in [0.717, 1.165) is 56.5 Å². The topological polar surface area (TPSA) is 82.1 Å². The summed E-state index contributed by atoms with van der Waals surface area (Å²) in [5.41, 5.74) is 1.11. The summed E-state index contributed by atoms with van der Waals surface area (Å²) in [6.07, 6.45) is 1.01. The number of aliphatic imine (C=N–C) groups is 1. The fourth-order valence-corrected chi connectivity index (χ4v) is 3.52. The average molecular weight is 411 g/mol. The maximum absolute atomic E-state index is 11.9. The molecule has 0 aromatic carbocycles. The highest BCUT2D eigenvalue weighted by Crippen LogP contribution is 2.17. The Morgan fingerprint density at radius 3 is 2.75 bits per heavy atom. The van der Waals surface area contributed by atoms with Crippen LogP contribution in [0.5, 0.6) is 0 Å². The highest BCUT2D eigenvalue weighted by atomic mass is 32.1. The van der Waals surface area contributed by atoms with Gasteiger partial charge in [0.2, 0.25) is 5.91 Å². The molecule has 0 saturated carbocycles. The normalized spacial score (nSPS) is 15.7. The predicted octanol–water partition coefficient (Wildman–Crippen LogP) is 1.11. The van der Waals surface area contributed by atoms with Crippen molar-refractivity contribution in [1.82, 2.24) is 25.4 Å². The number of nitrogens with zero attached hydrogens (tertiary/aromatic N) is 4. The van der Waals surface area contributed by atoms with Crippen LogP contribution in [0.25, 0.3) is 0 Å². The molecular weight excluding hydrogens is 376 g/mol. The Kier molecular flexibility index (Phi) is 9.66. The fourth-order valence-electron chi connectivity index (χ4n) is 2.63. The van der Waals surface area contributed by atoms with Crippen molar-refractivity contribution in [3.05, 3.63) is 16.1 Å². The summed E-state index contributed by atoms with van der Waals surface area (Å²) >= 11 is 1.65. The van der Waals surface area contributed by atoms with Gasteiger partial charge in [0.25, 0.3) is 0 Å². The van der Waals surface area contributed by atoms with Crippen LogP contribution in [0.4, 0.5) is 0 Å². The van der Waals surface area contributed by atoms with Gasteiger partial charge in [-0.25, -0.2) is 9.98 Å². The largest absolute Gasteiger partial charge is 0.379 e. The van der Waals surface area contributed by atoms with Gasteiger partial charge in [0.1, 0.15) is 11.6 Å². The highest BCUT2D eigenvalue weighted by Gasteiger charge is 2.10. The average Bonchev–Trinajstić information content (AvgIpc) is 3.16. The van der Waals surface area contributed by atoms with E-state index in [-0.39, 0.29) is 12.5 Å². The monoisotopic (exact) mass is 410 g/mol. The van der Waals surface area contributed by atoms with Crippen LogP contribution in [-0.4, -0.2) is 86.7 Å². The van der Waals surface area contributed by atoms with Crippen molar-refractivity contribution in [2.24, 2.45) is 4.99 Å². The Bertz CT molecular complexity index is 626. The number of likely N-dealkylation sites (N-methyl/N-ethyl adjacent to an activating group) is 1. The number of aromatic nitrogens is 1. The van der Waals surface area contributed by atoms with Crippen molar-refractivity contribution in [3.8, 4) is 0 Å². The molecule has 1 aliphatic heterocycles. The van der Waals surface area contributed by atoms with Gasteiger partial charge in [-0.3, -0.25) is 9.69 Å². The van der Waals surface area contributed by atoms with Crippen LogP contribution in [-0.2, 0) is 16.1 Å². The first-order chi connectivity index (χ1) is 13.5. The molecule has 1 aromatic heterocycles. The number of thiazole rings is 1. The molecule has 8 nitrogen and oxygen atoms in total. The van der Waals surface area contributed by atoms with Crippen LogP contribution in [0.3, 0.4) is 0 Å². The second kappa shape index (κ2) is 12.0. The lowest BCUT2D eigenvalue weighted by molar-refractivity contribution is -0.127. The molecule has 0 spiro atoms. The first-order valence-corrected chi connectivity index (χ1v) is 10.8. The first-order valence-electron chi connectivity index (χ1n) is 9.92. The molecule has 2 N–H and O–H groups in total. The minimum absolute atomic E-state index is 0.0224. The quantitative estimate of drug-likeness (QED) is 0.361. The molecular formula is C19H34N6O2S. The van der Waals surface area contributed by atoms with Crippen molar-refractivity contribution in [2.45, 2.75) is 32.7 Å². The predicted molar refractivity (Wildman–Crippen MR) is 114 cm³/mol. The van der Waals surface area contributed by atoms with Gasteiger partial charge in [0, 0.05) is 39.1 Å². The van der Waals surface area contributed by atoms with Crippen LogP contribution in [0.15, 0.2) is 10.4 Å². The maximum atomic E-state index is 11.9. The van der Waals surface area contributed by atoms with Crippen LogP contribution >= 0.6 is 11.3 Å². The van der Waals surface area contributed by atoms with E-state index in [4.69, 9.17) is 4.74 Å². The molecule has 1 aliphatic rings. The van der Waals surface area contributed by atoms with E-state index in [1.54, 1.807) is 30.3 Å². The van der Waals surface area contributed by atoms with E-state index in [0.29, 0.717) is 18.4 Å². The summed E-state index contributed by atoms with van der Waals surface area (Å²) in [6, 6.07) is 0. The van der Waals surface area contributed by atoms with Crippen LogP contribution in [0.1, 0.15) is 36.9 Å². The Morgan fingerprint density at radius 1 is 1.36 bits per heavy atom. The van der Waals surface area contributed by atoms with E-state index in [2.05, 4.69) is 44.7 Å². The van der Waals surface area contributed by atoms with Crippen LogP contribution in [0.2, 0.25) is 0 Å². The number of ether oxygens (including phenoxy) is 1. The molecule has 1 amide bonds. The van der Waals surface area contributed by atoms with Crippen molar-refractivity contribution in [3.63, 3.8) is 0 Å². The highest BCUT2D eigenvalue weighted by molar-refractivity contribution is 7.09. The third-order valence-electron chi connectivity index (χ3n) is 4.49. The number of rotatable bonds is 9. The van der Waals surface area contributed by atoms with E-state index in [9.17, 15) is 4.79 Å². The zero-order chi connectivity index (χ0) is 20.4. The molecule has 9 heteroatoms. The summed E-state index contributed by atoms with van der Waals surface area (Å²) < 4.78 is 5.38. The Morgan fingerprint density at radius 2 is 2.11 bits per heavy atom. The molecule has 0 unspecified atom stereocenters. The van der Waals surface area contributed by atoms with E-state index in [1.165, 1.54) is 0 Å². The molecule has 2 rings (SSSR count). The van der Waals surface area contributed by atoms with E-state index in [1.807, 2.05) is 0 Å². The SMILES string of the molecule is CC(C)c1csc(CNC(=NCC(=O)N(C)C)NCCCN2CCOCC2)n1. The van der Waals surface area contributed by atoms with Gasteiger partial charge in [0.05, 0.1) is 25.5 Å². The van der Waals surface area contributed by atoms with Crippen molar-refractivity contribution >= 4 is 23.2 Å². The lowest BCUT2D eigenvalue weighted by Gasteiger charge is -2.26. The molecule has 1 aromatic rings. The van der Waals surface area contributed by atoms with E-state index >= 15 is 0 Å². The first kappa shape index (κ1) is 22.6. The van der Waals surface area contributed by atoms with E-state index < -0.39 is 0 Å². The number of amides is 1. The minimum atomic E-state index is -0.0224. The lowest BCUT2D eigenvalue weighted by Crippen LogP contribution is -2.41. The van der Waals surface area contributed by atoms with Gasteiger partial charge < -0.3 is 20.3 Å². The van der Waals surface area contributed by atoms with Gasteiger partial charge in [-0.1, -0.05) is 13.8 Å². The van der Waals surface area contributed by atoms with Crippen molar-refractivity contribution in [1.29, 1.82) is 0 Å². The summed E-state index contributed by atoms with van der Waals surface area (Å²) in [4.78, 5) is 24.9. The number of hydrogen-bond donors (Lipinski definition) is 2. The number of morpholine rings is 1. The summed E-state index contributed by atoms with van der Waals surface area (Å²) in [6.45, 7) is 10.5. The molecule has 0 atom stereocenters. The number of nitrogens with one attached hydrogen (secondary N) is 2. The molecule has 0 aliphatic carbocycles. The Labute approximate surface area is 172 Å². The molecule has 0 bridgehead atoms. The minimum Gasteiger partial charge on any atom is -0.379 e. The standard InChI is InChI=1S/C19H34N6O2S/c1-15(2)16-14-28-17(23-16)12-21-19(22-13-18(26)24(3)4)20-6-5-7-25-8-10-27-11-9-25/h14-15H,5-13H2,1-4H3,(H2,20,21,22). The third kappa shape index (κ3) is 8.12. The van der Waals surface area contributed by atoms with Crippen molar-refractivity contribution in [2.75, 3.05) is 60.0 Å². The second-order valence-electron chi connectivity index (χ2n) is 7.36.